The zero-order valence-electron chi connectivity index (χ0n) is 10.3. The number of rotatable bonds is 5. The van der Waals surface area contributed by atoms with Crippen molar-refractivity contribution in [2.75, 3.05) is 5.32 Å². The number of hydrogen-bond acceptors (Lipinski definition) is 3. The predicted molar refractivity (Wildman–Crippen MR) is 69.1 cm³/mol. The van der Waals surface area contributed by atoms with Crippen molar-refractivity contribution in [3.05, 3.63) is 41.6 Å². The van der Waals surface area contributed by atoms with E-state index in [9.17, 15) is 5.11 Å². The molecule has 0 aliphatic carbocycles. The zero-order chi connectivity index (χ0) is 12.7. The molecular formula is C14H18N2O. The fourth-order valence-corrected chi connectivity index (χ4v) is 1.53. The summed E-state index contributed by atoms with van der Waals surface area (Å²) in [5.41, 5.74) is 2.58. The third kappa shape index (κ3) is 3.61. The number of allylic oxidation sites excluding steroid dienone is 2. The van der Waals surface area contributed by atoms with E-state index in [1.165, 1.54) is 6.08 Å². The van der Waals surface area contributed by atoms with Crippen molar-refractivity contribution in [2.45, 2.75) is 26.9 Å². The molecule has 1 unspecified atom stereocenters. The quantitative estimate of drug-likeness (QED) is 0.764. The second-order valence-corrected chi connectivity index (χ2v) is 3.98. The van der Waals surface area contributed by atoms with E-state index in [2.05, 4.69) is 25.2 Å². The fraction of sp³-hybridized carbons (Fsp3) is 0.357. The number of anilines is 1. The van der Waals surface area contributed by atoms with Gasteiger partial charge in [0, 0.05) is 23.0 Å². The van der Waals surface area contributed by atoms with Gasteiger partial charge in [0.25, 0.3) is 0 Å². The molecule has 0 aromatic heterocycles. The Hall–Kier alpha value is -1.79. The van der Waals surface area contributed by atoms with E-state index in [4.69, 9.17) is 5.26 Å². The Kier molecular flexibility index (Phi) is 5.25. The monoisotopic (exact) mass is 230 g/mol. The number of hydrogen-bond donors (Lipinski definition) is 2. The minimum Gasteiger partial charge on any atom is -0.392 e. The van der Waals surface area contributed by atoms with Gasteiger partial charge in [0.15, 0.2) is 0 Å². The van der Waals surface area contributed by atoms with Crippen molar-refractivity contribution in [1.29, 1.82) is 5.26 Å². The van der Waals surface area contributed by atoms with E-state index in [-0.39, 0.29) is 6.61 Å². The SMILES string of the molecule is CCC(C)/C(=C\C#N)Nc1ccccc1CO. The molecule has 0 aliphatic heterocycles. The molecule has 0 radical (unpaired) electrons. The average Bonchev–Trinajstić information content (AvgIpc) is 2.38. The summed E-state index contributed by atoms with van der Waals surface area (Å²) >= 11 is 0. The Morgan fingerprint density at radius 1 is 1.53 bits per heavy atom. The van der Waals surface area contributed by atoms with Crippen LogP contribution in [0.3, 0.4) is 0 Å². The lowest BCUT2D eigenvalue weighted by atomic mass is 10.0. The van der Waals surface area contributed by atoms with Crippen LogP contribution in [-0.4, -0.2) is 5.11 Å². The number of nitrogens with one attached hydrogen (secondary N) is 1. The molecule has 17 heavy (non-hydrogen) atoms. The van der Waals surface area contributed by atoms with Gasteiger partial charge < -0.3 is 10.4 Å². The standard InChI is InChI=1S/C14H18N2O/c1-3-11(2)13(8-9-15)16-14-7-5-4-6-12(14)10-17/h4-8,11,16-17H,3,10H2,1-2H3/b13-8+. The highest BCUT2D eigenvalue weighted by Gasteiger charge is 2.08. The maximum Gasteiger partial charge on any atom is 0.0930 e. The lowest BCUT2D eigenvalue weighted by Gasteiger charge is -2.17. The number of aliphatic hydroxyl groups excluding tert-OH is 1. The topological polar surface area (TPSA) is 56.0 Å². The van der Waals surface area contributed by atoms with Gasteiger partial charge in [-0.25, -0.2) is 0 Å². The first-order valence-corrected chi connectivity index (χ1v) is 5.78. The van der Waals surface area contributed by atoms with Gasteiger partial charge in [0.2, 0.25) is 0 Å². The predicted octanol–water partition coefficient (Wildman–Crippen LogP) is 3.04. The number of para-hydroxylation sites is 1. The molecule has 0 fully saturated rings. The van der Waals surface area contributed by atoms with Crippen LogP contribution in [0.4, 0.5) is 5.69 Å². The first-order valence-electron chi connectivity index (χ1n) is 5.78. The number of nitriles is 1. The van der Waals surface area contributed by atoms with Crippen LogP contribution in [0.2, 0.25) is 0 Å². The highest BCUT2D eigenvalue weighted by molar-refractivity contribution is 5.55. The number of benzene rings is 1. The highest BCUT2D eigenvalue weighted by Crippen LogP contribution is 2.21. The molecular weight excluding hydrogens is 212 g/mol. The van der Waals surface area contributed by atoms with Crippen LogP contribution in [0.1, 0.15) is 25.8 Å². The van der Waals surface area contributed by atoms with E-state index >= 15 is 0 Å². The molecule has 0 saturated carbocycles. The molecule has 1 aromatic rings. The van der Waals surface area contributed by atoms with Gasteiger partial charge >= 0.3 is 0 Å². The normalized spacial score (nSPS) is 12.9. The van der Waals surface area contributed by atoms with Crippen LogP contribution in [0.5, 0.6) is 0 Å². The molecule has 1 atom stereocenters. The number of aliphatic hydroxyl groups is 1. The summed E-state index contributed by atoms with van der Waals surface area (Å²) in [6.07, 6.45) is 2.49. The summed E-state index contributed by atoms with van der Waals surface area (Å²) in [5, 5.41) is 21.2. The smallest absolute Gasteiger partial charge is 0.0930 e. The summed E-state index contributed by atoms with van der Waals surface area (Å²) in [6.45, 7) is 4.14. The van der Waals surface area contributed by atoms with Crippen LogP contribution >= 0.6 is 0 Å². The van der Waals surface area contributed by atoms with Crippen LogP contribution in [0.15, 0.2) is 36.0 Å². The summed E-state index contributed by atoms with van der Waals surface area (Å²) in [4.78, 5) is 0. The Morgan fingerprint density at radius 3 is 2.82 bits per heavy atom. The summed E-state index contributed by atoms with van der Waals surface area (Å²) in [7, 11) is 0. The third-order valence-electron chi connectivity index (χ3n) is 2.83. The van der Waals surface area contributed by atoms with Crippen molar-refractivity contribution in [1.82, 2.24) is 0 Å². The number of nitrogens with zero attached hydrogens (tertiary/aromatic N) is 1. The maximum absolute atomic E-state index is 9.23. The Balaban J connectivity index is 2.95. The van der Waals surface area contributed by atoms with Crippen molar-refractivity contribution >= 4 is 5.69 Å². The molecule has 0 heterocycles. The molecule has 0 aliphatic rings. The van der Waals surface area contributed by atoms with Gasteiger partial charge in [-0.15, -0.1) is 0 Å². The molecule has 3 nitrogen and oxygen atoms in total. The van der Waals surface area contributed by atoms with E-state index in [0.717, 1.165) is 23.4 Å². The molecule has 1 rings (SSSR count). The van der Waals surface area contributed by atoms with Crippen LogP contribution in [0.25, 0.3) is 0 Å². The molecule has 0 spiro atoms. The largest absolute Gasteiger partial charge is 0.392 e. The van der Waals surface area contributed by atoms with Gasteiger partial charge in [-0.1, -0.05) is 32.0 Å². The first-order chi connectivity index (χ1) is 8.22. The van der Waals surface area contributed by atoms with Crippen molar-refractivity contribution in [3.63, 3.8) is 0 Å². The van der Waals surface area contributed by atoms with Crippen LogP contribution in [0, 0.1) is 17.2 Å². The zero-order valence-corrected chi connectivity index (χ0v) is 10.3. The second kappa shape index (κ2) is 6.72. The second-order valence-electron chi connectivity index (χ2n) is 3.98. The molecule has 0 saturated heterocycles. The average molecular weight is 230 g/mol. The molecule has 90 valence electrons. The van der Waals surface area contributed by atoms with Crippen LogP contribution < -0.4 is 5.32 Å². The van der Waals surface area contributed by atoms with Gasteiger partial charge in [-0.3, -0.25) is 0 Å². The summed E-state index contributed by atoms with van der Waals surface area (Å²) in [6, 6.07) is 9.61. The van der Waals surface area contributed by atoms with E-state index in [1.807, 2.05) is 24.3 Å². The van der Waals surface area contributed by atoms with Gasteiger partial charge in [0.05, 0.1) is 12.7 Å². The van der Waals surface area contributed by atoms with E-state index in [0.29, 0.717) is 5.92 Å². The maximum atomic E-state index is 9.23. The van der Waals surface area contributed by atoms with Gasteiger partial charge in [0.1, 0.15) is 0 Å². The van der Waals surface area contributed by atoms with Crippen LogP contribution in [-0.2, 0) is 6.61 Å². The lowest BCUT2D eigenvalue weighted by molar-refractivity contribution is 0.282. The lowest BCUT2D eigenvalue weighted by Crippen LogP contribution is -2.09. The van der Waals surface area contributed by atoms with Gasteiger partial charge in [-0.05, 0) is 18.4 Å². The molecule has 0 amide bonds. The minimum absolute atomic E-state index is 0.0104. The molecule has 3 heteroatoms. The molecule has 1 aromatic carbocycles. The highest BCUT2D eigenvalue weighted by atomic mass is 16.3. The fourth-order valence-electron chi connectivity index (χ4n) is 1.53. The van der Waals surface area contributed by atoms with Gasteiger partial charge in [-0.2, -0.15) is 5.26 Å². The third-order valence-corrected chi connectivity index (χ3v) is 2.83. The Morgan fingerprint density at radius 2 is 2.24 bits per heavy atom. The molecule has 0 bridgehead atoms. The Bertz CT molecular complexity index is 432. The van der Waals surface area contributed by atoms with Crippen molar-refractivity contribution < 1.29 is 5.11 Å². The minimum atomic E-state index is -0.0104. The van der Waals surface area contributed by atoms with Crippen molar-refractivity contribution in [2.24, 2.45) is 5.92 Å². The van der Waals surface area contributed by atoms with E-state index < -0.39 is 0 Å². The first kappa shape index (κ1) is 13.3. The van der Waals surface area contributed by atoms with E-state index in [1.54, 1.807) is 0 Å². The molecule has 2 N–H and O–H groups in total. The summed E-state index contributed by atoms with van der Waals surface area (Å²) < 4.78 is 0. The van der Waals surface area contributed by atoms with Crippen molar-refractivity contribution in [3.8, 4) is 6.07 Å². The summed E-state index contributed by atoms with van der Waals surface area (Å²) in [5.74, 6) is 0.293. The Labute approximate surface area is 102 Å².